The highest BCUT2D eigenvalue weighted by atomic mass is 16.2. The molecule has 152 valence electrons. The summed E-state index contributed by atoms with van der Waals surface area (Å²) >= 11 is 0. The Morgan fingerprint density at radius 1 is 0.962 bits per heavy atom. The third-order valence-electron chi connectivity index (χ3n) is 3.99. The van der Waals surface area contributed by atoms with E-state index in [4.69, 9.17) is 11.5 Å². The molecule has 0 unspecified atom stereocenters. The van der Waals surface area contributed by atoms with Gasteiger partial charge in [0.25, 0.3) is 0 Å². The Morgan fingerprint density at radius 2 is 1.69 bits per heavy atom. The van der Waals surface area contributed by atoms with E-state index >= 15 is 0 Å². The molecule has 0 fully saturated rings. The molecule has 0 aliphatic carbocycles. The summed E-state index contributed by atoms with van der Waals surface area (Å²) in [4.78, 5) is 33.7. The zero-order valence-electron chi connectivity index (χ0n) is 15.9. The fourth-order valence-corrected chi connectivity index (χ4v) is 2.38. The summed E-state index contributed by atoms with van der Waals surface area (Å²) in [7, 11) is 1.71. The molecule has 0 aromatic carbocycles. The molecular formula is C17H36N6O3. The first-order valence-corrected chi connectivity index (χ1v) is 9.37. The summed E-state index contributed by atoms with van der Waals surface area (Å²) in [6.45, 7) is 2.41. The minimum Gasteiger partial charge on any atom is -0.368 e. The van der Waals surface area contributed by atoms with Gasteiger partial charge in [-0.05, 0) is 45.7 Å². The molecule has 0 aliphatic rings. The number of unbranched alkanes of at least 4 members (excludes halogenated alkanes) is 3. The van der Waals surface area contributed by atoms with Gasteiger partial charge in [0, 0.05) is 19.6 Å². The molecule has 9 nitrogen and oxygen atoms in total. The van der Waals surface area contributed by atoms with Crippen molar-refractivity contribution < 1.29 is 14.4 Å². The molecule has 0 saturated carbocycles. The molecule has 9 heteroatoms. The first-order valence-electron chi connectivity index (χ1n) is 9.37. The number of carbonyl (C=O) groups excluding carboxylic acids is 3. The summed E-state index contributed by atoms with van der Waals surface area (Å²) < 4.78 is 0. The monoisotopic (exact) mass is 372 g/mol. The number of carbonyl (C=O) groups is 3. The van der Waals surface area contributed by atoms with Crippen molar-refractivity contribution in [2.75, 3.05) is 39.9 Å². The molecule has 0 rings (SSSR count). The number of Topliss-reactive ketones (excluding diaryl/α,β-unsaturated/α-hetero) is 1. The topological polar surface area (TPSA) is 151 Å². The van der Waals surface area contributed by atoms with E-state index in [-0.39, 0.29) is 30.2 Å². The van der Waals surface area contributed by atoms with Crippen molar-refractivity contribution >= 4 is 17.6 Å². The fraction of sp³-hybridized carbons (Fsp3) is 0.824. The summed E-state index contributed by atoms with van der Waals surface area (Å²) in [5.41, 5.74) is 10.4. The quantitative estimate of drug-likeness (QED) is 0.127. The Labute approximate surface area is 156 Å². The standard InChI is InChI=1S/C17H36N6O3/c1-20-15(17(19)26)7-4-6-10-23-16(25)8-3-2-5-9-21-13-22-12-14(24)11-18/h15,20-22H,2-13,18H2,1H3,(H2,19,26)(H,23,25)/t15-/m0/s1. The number of hydrogen-bond acceptors (Lipinski definition) is 7. The molecule has 8 N–H and O–H groups in total. The molecule has 0 heterocycles. The molecule has 0 saturated heterocycles. The van der Waals surface area contributed by atoms with Gasteiger partial charge in [0.15, 0.2) is 5.78 Å². The molecule has 2 amide bonds. The van der Waals surface area contributed by atoms with Gasteiger partial charge in [-0.15, -0.1) is 0 Å². The number of hydrogen-bond donors (Lipinski definition) is 6. The molecular weight excluding hydrogens is 336 g/mol. The van der Waals surface area contributed by atoms with Crippen molar-refractivity contribution in [2.45, 2.75) is 51.0 Å². The Balaban J connectivity index is 3.37. The summed E-state index contributed by atoms with van der Waals surface area (Å²) in [6, 6.07) is -0.296. The minimum atomic E-state index is -0.342. The number of primary amides is 1. The van der Waals surface area contributed by atoms with Crippen LogP contribution in [0.3, 0.4) is 0 Å². The third kappa shape index (κ3) is 14.8. The van der Waals surface area contributed by atoms with Crippen molar-refractivity contribution in [1.29, 1.82) is 0 Å². The molecule has 0 aromatic rings. The maximum Gasteiger partial charge on any atom is 0.234 e. The Kier molecular flexibility index (Phi) is 15.9. The Bertz CT molecular complexity index is 406. The molecule has 0 radical (unpaired) electrons. The van der Waals surface area contributed by atoms with Crippen LogP contribution in [0.1, 0.15) is 44.9 Å². The SMILES string of the molecule is CN[C@@H](CCCCNC(=O)CCCCCNCNCC(=O)CN)C(N)=O. The van der Waals surface area contributed by atoms with Crippen LogP contribution in [-0.2, 0) is 14.4 Å². The van der Waals surface area contributed by atoms with Crippen LogP contribution in [-0.4, -0.2) is 63.5 Å². The van der Waals surface area contributed by atoms with Gasteiger partial charge in [0.2, 0.25) is 11.8 Å². The second kappa shape index (κ2) is 16.9. The summed E-state index contributed by atoms with van der Waals surface area (Å²) in [5.74, 6) is -0.279. The lowest BCUT2D eigenvalue weighted by Gasteiger charge is -2.11. The zero-order valence-corrected chi connectivity index (χ0v) is 15.9. The highest BCUT2D eigenvalue weighted by Gasteiger charge is 2.11. The molecule has 26 heavy (non-hydrogen) atoms. The van der Waals surface area contributed by atoms with E-state index in [1.54, 1.807) is 7.05 Å². The summed E-state index contributed by atoms with van der Waals surface area (Å²) in [6.07, 6.45) is 5.71. The van der Waals surface area contributed by atoms with E-state index < -0.39 is 0 Å². The van der Waals surface area contributed by atoms with E-state index in [0.717, 1.165) is 38.6 Å². The van der Waals surface area contributed by atoms with Gasteiger partial charge in [-0.3, -0.25) is 19.7 Å². The first kappa shape index (κ1) is 24.5. The normalized spacial score (nSPS) is 11.9. The zero-order chi connectivity index (χ0) is 19.6. The average molecular weight is 373 g/mol. The molecule has 0 bridgehead atoms. The van der Waals surface area contributed by atoms with Gasteiger partial charge in [0.05, 0.1) is 19.1 Å². The predicted octanol–water partition coefficient (Wildman–Crippen LogP) is -1.43. The lowest BCUT2D eigenvalue weighted by atomic mass is 10.1. The van der Waals surface area contributed by atoms with E-state index in [1.165, 1.54) is 0 Å². The second-order valence-corrected chi connectivity index (χ2v) is 6.25. The maximum absolute atomic E-state index is 11.7. The lowest BCUT2D eigenvalue weighted by molar-refractivity contribution is -0.121. The second-order valence-electron chi connectivity index (χ2n) is 6.25. The predicted molar refractivity (Wildman–Crippen MR) is 102 cm³/mol. The average Bonchev–Trinajstić information content (AvgIpc) is 2.62. The summed E-state index contributed by atoms with van der Waals surface area (Å²) in [5, 5.41) is 11.9. The number of nitrogens with one attached hydrogen (secondary N) is 4. The highest BCUT2D eigenvalue weighted by Crippen LogP contribution is 2.01. The van der Waals surface area contributed by atoms with E-state index in [2.05, 4.69) is 21.3 Å². The van der Waals surface area contributed by atoms with Gasteiger partial charge < -0.3 is 27.4 Å². The van der Waals surface area contributed by atoms with Crippen molar-refractivity contribution in [3.63, 3.8) is 0 Å². The van der Waals surface area contributed by atoms with Crippen LogP contribution < -0.4 is 32.7 Å². The van der Waals surface area contributed by atoms with Gasteiger partial charge in [-0.25, -0.2) is 0 Å². The van der Waals surface area contributed by atoms with E-state index in [9.17, 15) is 14.4 Å². The molecule has 0 aromatic heterocycles. The van der Waals surface area contributed by atoms with Gasteiger partial charge in [-0.1, -0.05) is 6.42 Å². The number of ketones is 1. The number of rotatable bonds is 18. The number of likely N-dealkylation sites (N-methyl/N-ethyl adjacent to an activating group) is 1. The third-order valence-corrected chi connectivity index (χ3v) is 3.99. The van der Waals surface area contributed by atoms with Crippen LogP contribution in [0.25, 0.3) is 0 Å². The first-order chi connectivity index (χ1) is 12.5. The smallest absolute Gasteiger partial charge is 0.234 e. The fourth-order valence-electron chi connectivity index (χ4n) is 2.38. The highest BCUT2D eigenvalue weighted by molar-refractivity contribution is 5.82. The van der Waals surface area contributed by atoms with E-state index in [1.807, 2.05) is 0 Å². The van der Waals surface area contributed by atoms with Crippen LogP contribution in [0.4, 0.5) is 0 Å². The van der Waals surface area contributed by atoms with Crippen LogP contribution in [0, 0.1) is 0 Å². The number of nitrogens with two attached hydrogens (primary N) is 2. The van der Waals surface area contributed by atoms with Crippen LogP contribution in [0.5, 0.6) is 0 Å². The van der Waals surface area contributed by atoms with Gasteiger partial charge in [0.1, 0.15) is 0 Å². The number of amides is 2. The molecule has 1 atom stereocenters. The van der Waals surface area contributed by atoms with Crippen molar-refractivity contribution in [3.05, 3.63) is 0 Å². The largest absolute Gasteiger partial charge is 0.368 e. The van der Waals surface area contributed by atoms with Crippen molar-refractivity contribution in [2.24, 2.45) is 11.5 Å². The van der Waals surface area contributed by atoms with Crippen molar-refractivity contribution in [3.8, 4) is 0 Å². The van der Waals surface area contributed by atoms with Crippen LogP contribution in [0.2, 0.25) is 0 Å². The van der Waals surface area contributed by atoms with Gasteiger partial charge >= 0.3 is 0 Å². The minimum absolute atomic E-state index is 0.00692. The van der Waals surface area contributed by atoms with Crippen molar-refractivity contribution in [1.82, 2.24) is 21.3 Å². The molecule has 0 aliphatic heterocycles. The Hall–Kier alpha value is -1.55. The van der Waals surface area contributed by atoms with Crippen LogP contribution >= 0.6 is 0 Å². The lowest BCUT2D eigenvalue weighted by Crippen LogP contribution is -2.39. The molecule has 0 spiro atoms. The Morgan fingerprint density at radius 3 is 2.35 bits per heavy atom. The van der Waals surface area contributed by atoms with Crippen LogP contribution in [0.15, 0.2) is 0 Å². The van der Waals surface area contributed by atoms with E-state index in [0.29, 0.717) is 32.6 Å². The van der Waals surface area contributed by atoms with Gasteiger partial charge in [-0.2, -0.15) is 0 Å². The maximum atomic E-state index is 11.7.